The average molecular weight is 312 g/mol. The summed E-state index contributed by atoms with van der Waals surface area (Å²) in [6.45, 7) is 3.07. The van der Waals surface area contributed by atoms with E-state index in [1.54, 1.807) is 0 Å². The Morgan fingerprint density at radius 1 is 1.35 bits per heavy atom. The molecule has 108 valence electrons. The van der Waals surface area contributed by atoms with Gasteiger partial charge in [-0.15, -0.1) is 0 Å². The van der Waals surface area contributed by atoms with E-state index in [1.807, 2.05) is 42.2 Å². The van der Waals surface area contributed by atoms with Crippen molar-refractivity contribution in [3.63, 3.8) is 0 Å². The van der Waals surface area contributed by atoms with Gasteiger partial charge in [-0.2, -0.15) is 0 Å². The maximum atomic E-state index is 6.35. The molecular weight excluding hydrogens is 293 g/mol. The van der Waals surface area contributed by atoms with Gasteiger partial charge in [-0.3, -0.25) is 0 Å². The van der Waals surface area contributed by atoms with Crippen molar-refractivity contribution >= 4 is 23.2 Å². The van der Waals surface area contributed by atoms with Crippen LogP contribution in [0.1, 0.15) is 30.8 Å². The number of halogens is 2. The largest absolute Gasteiger partial charge is 0.338 e. The van der Waals surface area contributed by atoms with Crippen molar-refractivity contribution in [2.24, 2.45) is 7.05 Å². The molecule has 1 aromatic heterocycles. The number of hydrogen-bond donors (Lipinski definition) is 1. The Bertz CT molecular complexity index is 566. The SMILES string of the molecule is CCCNC(Cc1nccn1C)c1cccc(Cl)c1Cl. The monoisotopic (exact) mass is 311 g/mol. The molecule has 0 aliphatic heterocycles. The first-order valence-electron chi connectivity index (χ1n) is 6.77. The lowest BCUT2D eigenvalue weighted by Crippen LogP contribution is -2.25. The van der Waals surface area contributed by atoms with Gasteiger partial charge in [0.1, 0.15) is 5.82 Å². The molecule has 2 aromatic rings. The van der Waals surface area contributed by atoms with Gasteiger partial charge in [0.15, 0.2) is 0 Å². The summed E-state index contributed by atoms with van der Waals surface area (Å²) in [5.74, 6) is 1.02. The van der Waals surface area contributed by atoms with E-state index in [-0.39, 0.29) is 6.04 Å². The van der Waals surface area contributed by atoms with Gasteiger partial charge in [0.05, 0.1) is 10.0 Å². The minimum Gasteiger partial charge on any atom is -0.338 e. The van der Waals surface area contributed by atoms with Crippen molar-refractivity contribution in [2.75, 3.05) is 6.54 Å². The van der Waals surface area contributed by atoms with Gasteiger partial charge in [-0.25, -0.2) is 4.98 Å². The van der Waals surface area contributed by atoms with Crippen molar-refractivity contribution < 1.29 is 0 Å². The highest BCUT2D eigenvalue weighted by Gasteiger charge is 2.18. The number of aromatic nitrogens is 2. The standard InChI is InChI=1S/C15H19Cl2N3/c1-3-7-18-13(10-14-19-8-9-20(14)2)11-5-4-6-12(16)15(11)17/h4-6,8-9,13,18H,3,7,10H2,1-2H3. The molecule has 1 atom stereocenters. The second kappa shape index (κ2) is 7.11. The Morgan fingerprint density at radius 2 is 2.15 bits per heavy atom. The Labute approximate surface area is 129 Å². The summed E-state index contributed by atoms with van der Waals surface area (Å²) < 4.78 is 2.03. The van der Waals surface area contributed by atoms with Crippen molar-refractivity contribution in [3.8, 4) is 0 Å². The lowest BCUT2D eigenvalue weighted by Gasteiger charge is -2.20. The number of aryl methyl sites for hydroxylation is 1. The molecule has 2 rings (SSSR count). The van der Waals surface area contributed by atoms with Gasteiger partial charge in [0, 0.05) is 31.9 Å². The minimum absolute atomic E-state index is 0.113. The zero-order chi connectivity index (χ0) is 14.5. The molecule has 0 aliphatic rings. The van der Waals surface area contributed by atoms with Crippen LogP contribution in [0.15, 0.2) is 30.6 Å². The van der Waals surface area contributed by atoms with Crippen LogP contribution in [0.5, 0.6) is 0 Å². The normalized spacial score (nSPS) is 12.6. The number of nitrogens with one attached hydrogen (secondary N) is 1. The third-order valence-electron chi connectivity index (χ3n) is 3.31. The topological polar surface area (TPSA) is 29.9 Å². The van der Waals surface area contributed by atoms with Crippen LogP contribution in [-0.2, 0) is 13.5 Å². The third-order valence-corrected chi connectivity index (χ3v) is 4.14. The molecule has 1 heterocycles. The molecule has 0 amide bonds. The predicted molar refractivity (Wildman–Crippen MR) is 84.4 cm³/mol. The molecule has 3 nitrogen and oxygen atoms in total. The van der Waals surface area contributed by atoms with Gasteiger partial charge < -0.3 is 9.88 Å². The zero-order valence-electron chi connectivity index (χ0n) is 11.7. The van der Waals surface area contributed by atoms with E-state index in [1.165, 1.54) is 0 Å². The van der Waals surface area contributed by atoms with Gasteiger partial charge in [-0.1, -0.05) is 42.3 Å². The van der Waals surface area contributed by atoms with E-state index < -0.39 is 0 Å². The second-order valence-electron chi connectivity index (χ2n) is 4.81. The van der Waals surface area contributed by atoms with E-state index in [0.717, 1.165) is 30.8 Å². The second-order valence-corrected chi connectivity index (χ2v) is 5.59. The molecule has 0 saturated carbocycles. The lowest BCUT2D eigenvalue weighted by molar-refractivity contribution is 0.512. The molecule has 5 heteroatoms. The quantitative estimate of drug-likeness (QED) is 0.873. The zero-order valence-corrected chi connectivity index (χ0v) is 13.2. The van der Waals surface area contributed by atoms with Gasteiger partial charge in [0.2, 0.25) is 0 Å². The molecule has 0 saturated heterocycles. The maximum absolute atomic E-state index is 6.35. The Kier molecular flexibility index (Phi) is 5.46. The first kappa shape index (κ1) is 15.4. The molecule has 0 bridgehead atoms. The van der Waals surface area contributed by atoms with E-state index >= 15 is 0 Å². The van der Waals surface area contributed by atoms with Crippen LogP contribution in [0.2, 0.25) is 10.0 Å². The summed E-state index contributed by atoms with van der Waals surface area (Å²) in [4.78, 5) is 4.39. The van der Waals surface area contributed by atoms with Crippen LogP contribution in [0.4, 0.5) is 0 Å². The minimum atomic E-state index is 0.113. The van der Waals surface area contributed by atoms with Gasteiger partial charge >= 0.3 is 0 Å². The van der Waals surface area contributed by atoms with Crippen molar-refractivity contribution in [1.29, 1.82) is 0 Å². The fourth-order valence-electron chi connectivity index (χ4n) is 2.18. The number of imidazole rings is 1. The molecule has 0 fully saturated rings. The fraction of sp³-hybridized carbons (Fsp3) is 0.400. The van der Waals surface area contributed by atoms with E-state index in [0.29, 0.717) is 10.0 Å². The highest BCUT2D eigenvalue weighted by atomic mass is 35.5. The first-order chi connectivity index (χ1) is 9.63. The maximum Gasteiger partial charge on any atom is 0.110 e. The average Bonchev–Trinajstić information content (AvgIpc) is 2.83. The number of rotatable bonds is 6. The first-order valence-corrected chi connectivity index (χ1v) is 7.52. The summed E-state index contributed by atoms with van der Waals surface area (Å²) in [6.07, 6.45) is 5.61. The number of nitrogens with zero attached hydrogens (tertiary/aromatic N) is 2. The van der Waals surface area contributed by atoms with Crippen LogP contribution >= 0.6 is 23.2 Å². The summed E-state index contributed by atoms with van der Waals surface area (Å²) in [5, 5.41) is 4.74. The van der Waals surface area contributed by atoms with Crippen molar-refractivity contribution in [3.05, 3.63) is 52.0 Å². The molecule has 20 heavy (non-hydrogen) atoms. The molecule has 0 spiro atoms. The molecule has 0 radical (unpaired) electrons. The van der Waals surface area contributed by atoms with Gasteiger partial charge in [-0.05, 0) is 24.6 Å². The van der Waals surface area contributed by atoms with Crippen LogP contribution < -0.4 is 5.32 Å². The van der Waals surface area contributed by atoms with Gasteiger partial charge in [0.25, 0.3) is 0 Å². The molecule has 1 unspecified atom stereocenters. The molecule has 1 aromatic carbocycles. The van der Waals surface area contributed by atoms with E-state index in [9.17, 15) is 0 Å². The highest BCUT2D eigenvalue weighted by Crippen LogP contribution is 2.31. The third kappa shape index (κ3) is 3.54. The van der Waals surface area contributed by atoms with Crippen LogP contribution in [0.25, 0.3) is 0 Å². The number of benzene rings is 1. The fourth-order valence-corrected chi connectivity index (χ4v) is 2.62. The Hall–Kier alpha value is -1.03. The lowest BCUT2D eigenvalue weighted by atomic mass is 10.0. The van der Waals surface area contributed by atoms with Crippen molar-refractivity contribution in [1.82, 2.24) is 14.9 Å². The summed E-state index contributed by atoms with van der Waals surface area (Å²) in [6, 6.07) is 5.88. The molecule has 1 N–H and O–H groups in total. The summed E-state index contributed by atoms with van der Waals surface area (Å²) in [5.41, 5.74) is 1.02. The summed E-state index contributed by atoms with van der Waals surface area (Å²) in [7, 11) is 2.00. The molecule has 0 aliphatic carbocycles. The van der Waals surface area contributed by atoms with Crippen LogP contribution in [0.3, 0.4) is 0 Å². The molecular formula is C15H19Cl2N3. The predicted octanol–water partition coefficient (Wildman–Crippen LogP) is 4.01. The van der Waals surface area contributed by atoms with E-state index in [2.05, 4.69) is 17.2 Å². The van der Waals surface area contributed by atoms with E-state index in [4.69, 9.17) is 23.2 Å². The Balaban J connectivity index is 2.27. The van der Waals surface area contributed by atoms with Crippen molar-refractivity contribution in [2.45, 2.75) is 25.8 Å². The number of hydrogen-bond acceptors (Lipinski definition) is 2. The van der Waals surface area contributed by atoms with Crippen LogP contribution in [0, 0.1) is 0 Å². The van der Waals surface area contributed by atoms with Crippen LogP contribution in [-0.4, -0.2) is 16.1 Å². The summed E-state index contributed by atoms with van der Waals surface area (Å²) >= 11 is 12.5. The smallest absolute Gasteiger partial charge is 0.110 e. The highest BCUT2D eigenvalue weighted by molar-refractivity contribution is 6.42. The Morgan fingerprint density at radius 3 is 2.80 bits per heavy atom.